The first-order valence-electron chi connectivity index (χ1n) is 12.0. The van der Waals surface area contributed by atoms with Crippen molar-refractivity contribution in [1.82, 2.24) is 14.8 Å². The zero-order valence-corrected chi connectivity index (χ0v) is 17.8. The molecule has 1 aromatic rings. The standard InChI is InChI=1S/C24H35N3O3/c28-15-19-18-14-26-20(11-6-12-21(26)29)22(18)27(13-16-7-4-5-8-16)23(19)24(30)25-17-9-2-1-3-10-17/h6,11-12,16-19,22-23,28H,1-5,7-10,13-15H2,(H,25,30)/t18-,19-,22+,23-/m1/s1. The molecule has 2 N–H and O–H groups in total. The molecule has 5 rings (SSSR count). The molecule has 6 heteroatoms. The summed E-state index contributed by atoms with van der Waals surface area (Å²) in [6.45, 7) is 1.50. The number of nitrogens with zero attached hydrogens (tertiary/aromatic N) is 2. The van der Waals surface area contributed by atoms with Gasteiger partial charge in [-0.3, -0.25) is 14.5 Å². The number of aliphatic hydroxyl groups excluding tert-OH is 1. The Morgan fingerprint density at radius 1 is 1.07 bits per heavy atom. The van der Waals surface area contributed by atoms with Crippen LogP contribution < -0.4 is 10.9 Å². The van der Waals surface area contributed by atoms with Gasteiger partial charge in [0.25, 0.3) is 5.56 Å². The molecule has 30 heavy (non-hydrogen) atoms. The van der Waals surface area contributed by atoms with Gasteiger partial charge in [0.2, 0.25) is 5.91 Å². The summed E-state index contributed by atoms with van der Waals surface area (Å²) in [4.78, 5) is 28.4. The molecule has 3 fully saturated rings. The molecule has 3 heterocycles. The van der Waals surface area contributed by atoms with Crippen molar-refractivity contribution >= 4 is 5.91 Å². The lowest BCUT2D eigenvalue weighted by molar-refractivity contribution is -0.129. The first-order valence-corrected chi connectivity index (χ1v) is 12.0. The van der Waals surface area contributed by atoms with Gasteiger partial charge in [0.1, 0.15) is 0 Å². The van der Waals surface area contributed by atoms with E-state index in [0.29, 0.717) is 12.5 Å². The molecule has 4 atom stereocenters. The largest absolute Gasteiger partial charge is 0.396 e. The Kier molecular flexibility index (Phi) is 5.71. The maximum atomic E-state index is 13.5. The number of pyridine rings is 1. The van der Waals surface area contributed by atoms with E-state index in [9.17, 15) is 14.7 Å². The number of nitrogens with one attached hydrogen (secondary N) is 1. The molecule has 164 valence electrons. The fourth-order valence-electron chi connectivity index (χ4n) is 6.79. The molecule has 0 unspecified atom stereocenters. The average molecular weight is 414 g/mol. The topological polar surface area (TPSA) is 74.6 Å². The second-order valence-electron chi connectivity index (χ2n) is 9.99. The van der Waals surface area contributed by atoms with Crippen molar-refractivity contribution < 1.29 is 9.90 Å². The third-order valence-corrected chi connectivity index (χ3v) is 8.23. The number of likely N-dealkylation sites (tertiary alicyclic amines) is 1. The van der Waals surface area contributed by atoms with Crippen LogP contribution in [0.25, 0.3) is 0 Å². The number of aliphatic hydroxyl groups is 1. The van der Waals surface area contributed by atoms with E-state index in [1.165, 1.54) is 44.9 Å². The summed E-state index contributed by atoms with van der Waals surface area (Å²) in [5.41, 5.74) is 1.06. The van der Waals surface area contributed by atoms with E-state index in [4.69, 9.17) is 0 Å². The van der Waals surface area contributed by atoms with Crippen molar-refractivity contribution in [1.29, 1.82) is 0 Å². The average Bonchev–Trinajstić information content (AvgIpc) is 3.45. The Balaban J connectivity index is 1.46. The molecule has 1 saturated heterocycles. The summed E-state index contributed by atoms with van der Waals surface area (Å²) in [7, 11) is 0. The molecule has 4 aliphatic rings. The Morgan fingerprint density at radius 2 is 1.80 bits per heavy atom. The fraction of sp³-hybridized carbons (Fsp3) is 0.750. The Hall–Kier alpha value is -1.66. The highest BCUT2D eigenvalue weighted by atomic mass is 16.3. The molecule has 1 aromatic heterocycles. The van der Waals surface area contributed by atoms with Crippen LogP contribution in [0.5, 0.6) is 0 Å². The zero-order chi connectivity index (χ0) is 20.7. The van der Waals surface area contributed by atoms with Gasteiger partial charge in [-0.25, -0.2) is 0 Å². The van der Waals surface area contributed by atoms with Crippen LogP contribution in [-0.4, -0.2) is 45.7 Å². The van der Waals surface area contributed by atoms with Gasteiger partial charge < -0.3 is 15.0 Å². The minimum atomic E-state index is -0.295. The normalized spacial score (nSPS) is 32.3. The molecule has 0 spiro atoms. The van der Waals surface area contributed by atoms with E-state index in [2.05, 4.69) is 10.2 Å². The number of hydrogen-bond donors (Lipinski definition) is 2. The van der Waals surface area contributed by atoms with Crippen LogP contribution in [0.1, 0.15) is 69.5 Å². The predicted molar refractivity (Wildman–Crippen MR) is 115 cm³/mol. The van der Waals surface area contributed by atoms with Gasteiger partial charge in [0.05, 0.1) is 12.1 Å². The van der Waals surface area contributed by atoms with Gasteiger partial charge >= 0.3 is 0 Å². The minimum absolute atomic E-state index is 0.00613. The number of aromatic nitrogens is 1. The second-order valence-corrected chi connectivity index (χ2v) is 9.99. The molecule has 1 amide bonds. The molecule has 6 nitrogen and oxygen atoms in total. The van der Waals surface area contributed by atoms with E-state index in [1.807, 2.05) is 16.7 Å². The molecule has 2 aliphatic heterocycles. The van der Waals surface area contributed by atoms with Crippen LogP contribution >= 0.6 is 0 Å². The Labute approximate surface area is 178 Å². The summed E-state index contributed by atoms with van der Waals surface area (Å²) < 4.78 is 1.87. The predicted octanol–water partition coefficient (Wildman–Crippen LogP) is 2.45. The van der Waals surface area contributed by atoms with Crippen molar-refractivity contribution in [2.45, 2.75) is 82.5 Å². The van der Waals surface area contributed by atoms with Crippen LogP contribution in [0.15, 0.2) is 23.0 Å². The van der Waals surface area contributed by atoms with E-state index in [-0.39, 0.29) is 48.0 Å². The number of fused-ring (bicyclic) bond motifs is 3. The van der Waals surface area contributed by atoms with E-state index < -0.39 is 0 Å². The van der Waals surface area contributed by atoms with Crippen molar-refractivity contribution in [3.8, 4) is 0 Å². The van der Waals surface area contributed by atoms with Gasteiger partial charge in [-0.2, -0.15) is 0 Å². The number of carbonyl (C=O) groups is 1. The lowest BCUT2D eigenvalue weighted by Crippen LogP contribution is -2.52. The first kappa shape index (κ1) is 20.3. The van der Waals surface area contributed by atoms with Gasteiger partial charge in [-0.05, 0) is 37.7 Å². The van der Waals surface area contributed by atoms with Crippen LogP contribution in [0, 0.1) is 17.8 Å². The van der Waals surface area contributed by atoms with Gasteiger partial charge in [-0.1, -0.05) is 38.2 Å². The smallest absolute Gasteiger partial charge is 0.250 e. The summed E-state index contributed by atoms with van der Waals surface area (Å²) >= 11 is 0. The number of rotatable bonds is 5. The highest BCUT2D eigenvalue weighted by molar-refractivity contribution is 5.83. The second kappa shape index (κ2) is 8.46. The van der Waals surface area contributed by atoms with Gasteiger partial charge in [-0.15, -0.1) is 0 Å². The summed E-state index contributed by atoms with van der Waals surface area (Å²) in [6.07, 6.45) is 10.7. The Morgan fingerprint density at radius 3 is 2.53 bits per heavy atom. The third kappa shape index (κ3) is 3.52. The van der Waals surface area contributed by atoms with Crippen LogP contribution in [0.4, 0.5) is 0 Å². The van der Waals surface area contributed by atoms with Crippen molar-refractivity contribution in [2.24, 2.45) is 17.8 Å². The monoisotopic (exact) mass is 413 g/mol. The number of amides is 1. The quantitative estimate of drug-likeness (QED) is 0.778. The van der Waals surface area contributed by atoms with Gasteiger partial charge in [0.15, 0.2) is 0 Å². The number of carbonyl (C=O) groups excluding carboxylic acids is 1. The summed E-state index contributed by atoms with van der Waals surface area (Å²) in [5.74, 6) is 0.698. The van der Waals surface area contributed by atoms with Crippen molar-refractivity contribution in [2.75, 3.05) is 13.2 Å². The van der Waals surface area contributed by atoms with E-state index in [1.54, 1.807) is 6.07 Å². The highest BCUT2D eigenvalue weighted by Crippen LogP contribution is 2.50. The summed E-state index contributed by atoms with van der Waals surface area (Å²) in [5, 5.41) is 13.7. The summed E-state index contributed by atoms with van der Waals surface area (Å²) in [6, 6.07) is 5.54. The lowest BCUT2D eigenvalue weighted by atomic mass is 9.87. The van der Waals surface area contributed by atoms with Crippen LogP contribution in [0.2, 0.25) is 0 Å². The van der Waals surface area contributed by atoms with Crippen LogP contribution in [0.3, 0.4) is 0 Å². The van der Waals surface area contributed by atoms with Crippen LogP contribution in [-0.2, 0) is 11.3 Å². The molecule has 2 aliphatic carbocycles. The molecule has 0 aromatic carbocycles. The zero-order valence-electron chi connectivity index (χ0n) is 17.8. The molecular weight excluding hydrogens is 378 g/mol. The molecule has 0 radical (unpaired) electrons. The maximum absolute atomic E-state index is 13.5. The Bertz CT molecular complexity index is 825. The SMILES string of the molecule is O=C(NC1CCCCC1)[C@H]1[C@H](CO)[C@H]2Cn3c(cccc3=O)[C@H]2N1CC1CCCC1. The molecular formula is C24H35N3O3. The fourth-order valence-corrected chi connectivity index (χ4v) is 6.79. The molecule has 2 saturated carbocycles. The number of hydrogen-bond acceptors (Lipinski definition) is 4. The third-order valence-electron chi connectivity index (χ3n) is 8.23. The van der Waals surface area contributed by atoms with Gasteiger partial charge in [0, 0.05) is 49.3 Å². The highest BCUT2D eigenvalue weighted by Gasteiger charge is 2.55. The van der Waals surface area contributed by atoms with Crippen molar-refractivity contribution in [3.05, 3.63) is 34.2 Å². The van der Waals surface area contributed by atoms with Crippen molar-refractivity contribution in [3.63, 3.8) is 0 Å². The minimum Gasteiger partial charge on any atom is -0.396 e. The lowest BCUT2D eigenvalue weighted by Gasteiger charge is -2.34. The maximum Gasteiger partial charge on any atom is 0.250 e. The molecule has 0 bridgehead atoms. The first-order chi connectivity index (χ1) is 14.7. The van der Waals surface area contributed by atoms with E-state index in [0.717, 1.165) is 25.1 Å². The van der Waals surface area contributed by atoms with E-state index >= 15 is 0 Å².